The van der Waals surface area contributed by atoms with E-state index in [0.29, 0.717) is 18.2 Å². The molecular formula is C14H22N4O3. The van der Waals surface area contributed by atoms with E-state index >= 15 is 0 Å². The lowest BCUT2D eigenvalue weighted by Gasteiger charge is -2.26. The molecule has 0 saturated heterocycles. The third kappa shape index (κ3) is 4.87. The number of carbonyl (C=O) groups excluding carboxylic acids is 2. The number of hydrogen-bond donors (Lipinski definition) is 3. The number of furan rings is 1. The zero-order valence-corrected chi connectivity index (χ0v) is 12.2. The lowest BCUT2D eigenvalue weighted by Crippen LogP contribution is -2.48. The fourth-order valence-electron chi connectivity index (χ4n) is 2.35. The van der Waals surface area contributed by atoms with Crippen LogP contribution in [0.5, 0.6) is 0 Å². The summed E-state index contributed by atoms with van der Waals surface area (Å²) in [7, 11) is 1.86. The van der Waals surface area contributed by atoms with Crippen LogP contribution in [-0.4, -0.2) is 43.0 Å². The average Bonchev–Trinajstić information content (AvgIpc) is 3.12. The molecule has 0 spiro atoms. The Morgan fingerprint density at radius 2 is 2.29 bits per heavy atom. The van der Waals surface area contributed by atoms with Gasteiger partial charge in [-0.2, -0.15) is 0 Å². The van der Waals surface area contributed by atoms with Crippen LogP contribution in [0, 0.1) is 5.92 Å². The van der Waals surface area contributed by atoms with Gasteiger partial charge in [0, 0.05) is 12.6 Å². The van der Waals surface area contributed by atoms with Crippen LogP contribution < -0.4 is 16.4 Å². The summed E-state index contributed by atoms with van der Waals surface area (Å²) in [5, 5.41) is 4.86. The molecule has 2 rings (SSSR count). The van der Waals surface area contributed by atoms with E-state index in [-0.39, 0.29) is 25.0 Å². The van der Waals surface area contributed by atoms with Gasteiger partial charge in [-0.05, 0) is 37.9 Å². The van der Waals surface area contributed by atoms with E-state index in [1.54, 1.807) is 12.1 Å². The fourth-order valence-corrected chi connectivity index (χ4v) is 2.35. The molecule has 1 fully saturated rings. The summed E-state index contributed by atoms with van der Waals surface area (Å²) in [6.07, 6.45) is 3.86. The second-order valence-electron chi connectivity index (χ2n) is 5.37. The van der Waals surface area contributed by atoms with E-state index in [2.05, 4.69) is 10.6 Å². The van der Waals surface area contributed by atoms with Crippen molar-refractivity contribution in [3.05, 3.63) is 24.2 Å². The minimum absolute atomic E-state index is 0.159. The van der Waals surface area contributed by atoms with Crippen molar-refractivity contribution in [2.45, 2.75) is 25.4 Å². The molecule has 116 valence electrons. The van der Waals surface area contributed by atoms with Gasteiger partial charge in [0.05, 0.1) is 19.4 Å². The number of urea groups is 1. The Balaban J connectivity index is 1.69. The van der Waals surface area contributed by atoms with Crippen LogP contribution in [0.3, 0.4) is 0 Å². The summed E-state index contributed by atoms with van der Waals surface area (Å²) in [4.78, 5) is 25.3. The third-order valence-corrected chi connectivity index (χ3v) is 3.62. The zero-order valence-electron chi connectivity index (χ0n) is 12.2. The minimum Gasteiger partial charge on any atom is -0.467 e. The van der Waals surface area contributed by atoms with E-state index in [4.69, 9.17) is 10.2 Å². The highest BCUT2D eigenvalue weighted by molar-refractivity contribution is 5.95. The molecule has 1 saturated carbocycles. The number of hydrogen-bond acceptors (Lipinski definition) is 5. The number of rotatable bonds is 7. The summed E-state index contributed by atoms with van der Waals surface area (Å²) in [5.41, 5.74) is 5.73. The van der Waals surface area contributed by atoms with Crippen molar-refractivity contribution in [2.75, 3.05) is 20.1 Å². The number of nitrogens with zero attached hydrogens (tertiary/aromatic N) is 1. The highest BCUT2D eigenvalue weighted by Gasteiger charge is 2.33. The lowest BCUT2D eigenvalue weighted by atomic mass is 10.1. The van der Waals surface area contributed by atoms with E-state index < -0.39 is 6.03 Å². The van der Waals surface area contributed by atoms with E-state index in [0.717, 1.165) is 12.8 Å². The van der Waals surface area contributed by atoms with Crippen LogP contribution in [0.1, 0.15) is 18.6 Å². The molecule has 0 bridgehead atoms. The first-order chi connectivity index (χ1) is 10.1. The first-order valence-corrected chi connectivity index (χ1v) is 7.10. The van der Waals surface area contributed by atoms with Crippen molar-refractivity contribution >= 4 is 11.9 Å². The van der Waals surface area contributed by atoms with Gasteiger partial charge in [0.15, 0.2) is 0 Å². The normalized spacial score (nSPS) is 15.8. The highest BCUT2D eigenvalue weighted by Crippen LogP contribution is 2.34. The SMILES string of the molecule is CN(CC(=O)NC(=O)NCc1ccco1)C(CN)C1CC1. The smallest absolute Gasteiger partial charge is 0.321 e. The minimum atomic E-state index is -0.527. The molecule has 7 nitrogen and oxygen atoms in total. The number of nitrogens with one attached hydrogen (secondary N) is 2. The van der Waals surface area contributed by atoms with E-state index in [1.807, 2.05) is 11.9 Å². The molecule has 1 unspecified atom stereocenters. The highest BCUT2D eigenvalue weighted by atomic mass is 16.3. The quantitative estimate of drug-likeness (QED) is 0.670. The first kappa shape index (κ1) is 15.5. The molecule has 3 amide bonds. The van der Waals surface area contributed by atoms with Crippen molar-refractivity contribution in [1.82, 2.24) is 15.5 Å². The summed E-state index contributed by atoms with van der Waals surface area (Å²) in [5.74, 6) is 0.876. The maximum atomic E-state index is 11.8. The van der Waals surface area contributed by atoms with Crippen LogP contribution >= 0.6 is 0 Å². The first-order valence-electron chi connectivity index (χ1n) is 7.10. The zero-order chi connectivity index (χ0) is 15.2. The fraction of sp³-hybridized carbons (Fsp3) is 0.571. The Morgan fingerprint density at radius 1 is 1.52 bits per heavy atom. The average molecular weight is 294 g/mol. The van der Waals surface area contributed by atoms with E-state index in [1.165, 1.54) is 6.26 Å². The molecule has 0 aliphatic heterocycles. The molecule has 4 N–H and O–H groups in total. The van der Waals surface area contributed by atoms with Crippen molar-refractivity contribution in [1.29, 1.82) is 0 Å². The van der Waals surface area contributed by atoms with Gasteiger partial charge in [-0.15, -0.1) is 0 Å². The summed E-state index contributed by atoms with van der Waals surface area (Å²) in [6.45, 7) is 0.932. The summed E-state index contributed by atoms with van der Waals surface area (Å²) < 4.78 is 5.08. The predicted octanol–water partition coefficient (Wildman–Crippen LogP) is 0.275. The van der Waals surface area contributed by atoms with E-state index in [9.17, 15) is 9.59 Å². The molecule has 7 heteroatoms. The Morgan fingerprint density at radius 3 is 2.86 bits per heavy atom. The van der Waals surface area contributed by atoms with Gasteiger partial charge < -0.3 is 15.5 Å². The molecule has 1 aromatic heterocycles. The molecule has 1 aliphatic carbocycles. The number of carbonyl (C=O) groups is 2. The maximum Gasteiger partial charge on any atom is 0.321 e. The molecular weight excluding hydrogens is 272 g/mol. The molecule has 1 aromatic rings. The molecule has 1 aliphatic rings. The van der Waals surface area contributed by atoms with Crippen LogP contribution in [0.2, 0.25) is 0 Å². The van der Waals surface area contributed by atoms with Crippen molar-refractivity contribution < 1.29 is 14.0 Å². The molecule has 0 radical (unpaired) electrons. The van der Waals surface area contributed by atoms with Gasteiger partial charge in [-0.1, -0.05) is 0 Å². The maximum absolute atomic E-state index is 11.8. The van der Waals surface area contributed by atoms with Crippen LogP contribution in [-0.2, 0) is 11.3 Å². The molecule has 21 heavy (non-hydrogen) atoms. The van der Waals surface area contributed by atoms with Crippen molar-refractivity contribution in [3.8, 4) is 0 Å². The Bertz CT molecular complexity index is 471. The largest absolute Gasteiger partial charge is 0.467 e. The molecule has 0 aromatic carbocycles. The number of imide groups is 1. The van der Waals surface area contributed by atoms with Gasteiger partial charge in [-0.3, -0.25) is 15.0 Å². The summed E-state index contributed by atoms with van der Waals surface area (Å²) >= 11 is 0. The van der Waals surface area contributed by atoms with Crippen LogP contribution in [0.15, 0.2) is 22.8 Å². The third-order valence-electron chi connectivity index (χ3n) is 3.62. The standard InChI is InChI=1S/C14H22N4O3/c1-18(12(7-15)10-4-5-10)9-13(19)17-14(20)16-8-11-3-2-6-21-11/h2-3,6,10,12H,4-5,7-9,15H2,1H3,(H2,16,17,19,20). The molecule has 1 atom stereocenters. The Labute approximate surface area is 123 Å². The van der Waals surface area contributed by atoms with Crippen LogP contribution in [0.25, 0.3) is 0 Å². The van der Waals surface area contributed by atoms with Crippen molar-refractivity contribution in [3.63, 3.8) is 0 Å². The predicted molar refractivity (Wildman–Crippen MR) is 77.3 cm³/mol. The Kier molecular flexibility index (Phi) is 5.35. The monoisotopic (exact) mass is 294 g/mol. The van der Waals surface area contributed by atoms with Gasteiger partial charge in [-0.25, -0.2) is 4.79 Å². The second kappa shape index (κ2) is 7.24. The number of amides is 3. The Hall–Kier alpha value is -1.86. The summed E-state index contributed by atoms with van der Waals surface area (Å²) in [6, 6.07) is 3.17. The van der Waals surface area contributed by atoms with Gasteiger partial charge in [0.25, 0.3) is 0 Å². The van der Waals surface area contributed by atoms with Crippen LogP contribution in [0.4, 0.5) is 4.79 Å². The van der Waals surface area contributed by atoms with Gasteiger partial charge >= 0.3 is 6.03 Å². The topological polar surface area (TPSA) is 101 Å². The molecule has 1 heterocycles. The second-order valence-corrected chi connectivity index (χ2v) is 5.37. The van der Waals surface area contributed by atoms with Gasteiger partial charge in [0.2, 0.25) is 5.91 Å². The number of likely N-dealkylation sites (N-methyl/N-ethyl adjacent to an activating group) is 1. The lowest BCUT2D eigenvalue weighted by molar-refractivity contribution is -0.121. The van der Waals surface area contributed by atoms with Gasteiger partial charge in [0.1, 0.15) is 5.76 Å². The number of nitrogens with two attached hydrogens (primary N) is 1. The van der Waals surface area contributed by atoms with Crippen molar-refractivity contribution in [2.24, 2.45) is 11.7 Å².